The predicted octanol–water partition coefficient (Wildman–Crippen LogP) is 2.12. The molecular weight excluding hydrogens is 546 g/mol. The number of aryl methyl sites for hydroxylation is 1. The molecule has 2 aliphatic rings. The zero-order valence-electron chi connectivity index (χ0n) is 21.5. The standard InChI is InChI=1S/C13H9.C11H17.C8H8.2ClH.Zr/c1-3-7-12-10(5-1)9-11-6-2-4-8-13(11)12;1-8-6-9(2)10(7-8)11(3,4)5;1-7-3-5-8(2)6-4-7;;;/h1-5,7-8H,9H2;7-8H,1-5H3;1,3-6H,2H3;2*1H;/q2*-1;;;;+2/p-2. The van der Waals surface area contributed by atoms with Gasteiger partial charge >= 0.3 is 70.3 Å². The zero-order chi connectivity index (χ0) is 24.0. The number of allylic oxidation sites excluding steroid dienone is 4. The summed E-state index contributed by atoms with van der Waals surface area (Å²) in [6, 6.07) is 26.7. The van der Waals surface area contributed by atoms with Gasteiger partial charge in [-0.25, -0.2) is 5.57 Å². The zero-order valence-corrected chi connectivity index (χ0v) is 25.5. The molecule has 0 spiro atoms. The largest absolute Gasteiger partial charge is 1.00 e. The summed E-state index contributed by atoms with van der Waals surface area (Å²) in [5, 5.41) is 0. The molecule has 0 fully saturated rings. The molecule has 0 N–H and O–H groups in total. The third kappa shape index (κ3) is 8.82. The van der Waals surface area contributed by atoms with E-state index in [0.717, 1.165) is 6.42 Å². The molecule has 35 heavy (non-hydrogen) atoms. The molecule has 3 heteroatoms. The molecule has 1 atom stereocenters. The Bertz CT molecular complexity index is 1120. The number of rotatable bonds is 1. The summed E-state index contributed by atoms with van der Waals surface area (Å²) >= 11 is 1.47. The SMILES string of the molecule is CC1=[C-]C(C)C=C1C(C)(C)C.Cc1ccc([CH]=[Zr+2])cc1.[Cl-].[Cl-].[c-]1cccc2c1Cc1ccccc1-2. The summed E-state index contributed by atoms with van der Waals surface area (Å²) in [6.45, 7) is 13.2. The normalized spacial score (nSPS) is 14.8. The van der Waals surface area contributed by atoms with Gasteiger partial charge in [-0.1, -0.05) is 81.3 Å². The molecule has 0 nitrogen and oxygen atoms in total. The number of halogens is 2. The maximum Gasteiger partial charge on any atom is -0.0253 e. The number of benzene rings is 3. The van der Waals surface area contributed by atoms with Gasteiger partial charge in [-0.05, 0) is 6.42 Å². The first-order chi connectivity index (χ1) is 15.7. The first-order valence-electron chi connectivity index (χ1n) is 11.7. The summed E-state index contributed by atoms with van der Waals surface area (Å²) in [5.74, 6) is 0.518. The molecule has 0 aliphatic heterocycles. The molecule has 0 saturated heterocycles. The van der Waals surface area contributed by atoms with Crippen LogP contribution in [-0.2, 0) is 30.7 Å². The molecule has 182 valence electrons. The van der Waals surface area contributed by atoms with Gasteiger partial charge in [-0.3, -0.25) is 6.08 Å². The molecule has 2 aliphatic carbocycles. The van der Waals surface area contributed by atoms with Crippen LogP contribution in [0.1, 0.15) is 56.9 Å². The van der Waals surface area contributed by atoms with Crippen molar-refractivity contribution < 1.29 is 49.0 Å². The minimum atomic E-state index is 0. The van der Waals surface area contributed by atoms with Crippen molar-refractivity contribution in [3.8, 4) is 11.1 Å². The Morgan fingerprint density at radius 3 is 2.06 bits per heavy atom. The second-order valence-corrected chi connectivity index (χ2v) is 10.5. The Morgan fingerprint density at radius 2 is 1.51 bits per heavy atom. The van der Waals surface area contributed by atoms with Crippen molar-refractivity contribution in [2.75, 3.05) is 0 Å². The van der Waals surface area contributed by atoms with Crippen molar-refractivity contribution in [1.29, 1.82) is 0 Å². The Morgan fingerprint density at radius 1 is 0.886 bits per heavy atom. The van der Waals surface area contributed by atoms with Crippen molar-refractivity contribution >= 4 is 3.71 Å². The fourth-order valence-electron chi connectivity index (χ4n) is 4.31. The molecule has 0 aromatic heterocycles. The molecule has 0 saturated carbocycles. The van der Waals surface area contributed by atoms with Crippen LogP contribution >= 0.6 is 0 Å². The van der Waals surface area contributed by atoms with Gasteiger partial charge in [0.2, 0.25) is 0 Å². The van der Waals surface area contributed by atoms with Crippen LogP contribution in [0, 0.1) is 30.4 Å². The van der Waals surface area contributed by atoms with Crippen LogP contribution in [0.15, 0.2) is 84.0 Å². The number of hydrogen-bond acceptors (Lipinski definition) is 0. The van der Waals surface area contributed by atoms with Gasteiger partial charge in [0.1, 0.15) is 0 Å². The van der Waals surface area contributed by atoms with E-state index in [1.54, 1.807) is 0 Å². The second kappa shape index (κ2) is 14.3. The first-order valence-corrected chi connectivity index (χ1v) is 13.1. The molecule has 0 amide bonds. The van der Waals surface area contributed by atoms with Gasteiger partial charge in [-0.15, -0.1) is 5.56 Å². The minimum absolute atomic E-state index is 0. The maximum atomic E-state index is 3.40. The molecule has 3 aromatic rings. The third-order valence-electron chi connectivity index (χ3n) is 5.93. The van der Waals surface area contributed by atoms with E-state index in [9.17, 15) is 0 Å². The van der Waals surface area contributed by atoms with Crippen LogP contribution < -0.4 is 24.8 Å². The summed E-state index contributed by atoms with van der Waals surface area (Å²) in [7, 11) is 0. The van der Waals surface area contributed by atoms with Crippen molar-refractivity contribution in [2.24, 2.45) is 11.3 Å². The van der Waals surface area contributed by atoms with Gasteiger partial charge in [0.15, 0.2) is 0 Å². The van der Waals surface area contributed by atoms with E-state index in [4.69, 9.17) is 0 Å². The van der Waals surface area contributed by atoms with Crippen LogP contribution in [0.4, 0.5) is 0 Å². The van der Waals surface area contributed by atoms with Gasteiger partial charge in [0.05, 0.1) is 0 Å². The molecular formula is C32H34Cl2Zr-2. The van der Waals surface area contributed by atoms with Crippen LogP contribution in [0.25, 0.3) is 11.1 Å². The Balaban J connectivity index is 0.000000260. The van der Waals surface area contributed by atoms with Crippen LogP contribution in [0.5, 0.6) is 0 Å². The van der Waals surface area contributed by atoms with Gasteiger partial charge < -0.3 is 24.8 Å². The van der Waals surface area contributed by atoms with Crippen LogP contribution in [-0.4, -0.2) is 3.71 Å². The van der Waals surface area contributed by atoms with Gasteiger partial charge in [0, 0.05) is 0 Å². The molecule has 1 unspecified atom stereocenters. The van der Waals surface area contributed by atoms with Crippen LogP contribution in [0.3, 0.4) is 0 Å². The molecule has 3 aromatic carbocycles. The summed E-state index contributed by atoms with van der Waals surface area (Å²) in [5.41, 5.74) is 11.3. The molecule has 0 bridgehead atoms. The third-order valence-corrected chi connectivity index (χ3v) is 6.75. The van der Waals surface area contributed by atoms with Crippen molar-refractivity contribution in [3.05, 3.63) is 118 Å². The molecule has 5 rings (SSSR count). The van der Waals surface area contributed by atoms with Crippen LogP contribution in [0.2, 0.25) is 0 Å². The maximum absolute atomic E-state index is 3.40. The van der Waals surface area contributed by atoms with E-state index in [-0.39, 0.29) is 24.8 Å². The Labute approximate surface area is 240 Å². The number of fused-ring (bicyclic) bond motifs is 3. The first kappa shape index (κ1) is 31.5. The summed E-state index contributed by atoms with van der Waals surface area (Å²) in [6.07, 6.45) is 6.76. The smallest absolute Gasteiger partial charge is 0.0253 e. The second-order valence-electron chi connectivity index (χ2n) is 9.84. The van der Waals surface area contributed by atoms with Gasteiger partial charge in [-0.2, -0.15) is 41.5 Å². The van der Waals surface area contributed by atoms with Gasteiger partial charge in [0.25, 0.3) is 0 Å². The van der Waals surface area contributed by atoms with Crippen molar-refractivity contribution in [1.82, 2.24) is 0 Å². The van der Waals surface area contributed by atoms with E-state index >= 15 is 0 Å². The quantitative estimate of drug-likeness (QED) is 0.303. The van der Waals surface area contributed by atoms with E-state index in [2.05, 4.69) is 124 Å². The van der Waals surface area contributed by atoms with E-state index in [0.29, 0.717) is 11.3 Å². The summed E-state index contributed by atoms with van der Waals surface area (Å²) in [4.78, 5) is 0. The summed E-state index contributed by atoms with van der Waals surface area (Å²) < 4.78 is 2.19. The number of hydrogen-bond donors (Lipinski definition) is 0. The Kier molecular flexibility index (Phi) is 12.8. The van der Waals surface area contributed by atoms with Crippen molar-refractivity contribution in [3.63, 3.8) is 0 Å². The van der Waals surface area contributed by atoms with E-state index in [1.807, 2.05) is 6.07 Å². The predicted molar refractivity (Wildman–Crippen MR) is 139 cm³/mol. The fraction of sp³-hybridized carbons (Fsp3) is 0.281. The fourth-order valence-corrected chi connectivity index (χ4v) is 4.78. The minimum Gasteiger partial charge on any atom is -1.00 e. The average Bonchev–Trinajstić information content (AvgIpc) is 3.34. The molecule has 0 heterocycles. The van der Waals surface area contributed by atoms with Crippen molar-refractivity contribution in [2.45, 2.75) is 48.0 Å². The molecule has 0 radical (unpaired) electrons. The topological polar surface area (TPSA) is 0 Å². The monoisotopic (exact) mass is 578 g/mol. The van der Waals surface area contributed by atoms with E-state index in [1.165, 1.54) is 68.8 Å². The average molecular weight is 581 g/mol. The van der Waals surface area contributed by atoms with E-state index < -0.39 is 0 Å². The Hall–Kier alpha value is -1.53.